The molecule has 0 heterocycles. The number of aliphatic hydroxyl groups excluding tert-OH is 1. The maximum atomic E-state index is 13.7. The quantitative estimate of drug-likeness (QED) is 0.0930. The molecule has 13 nitrogen and oxygen atoms in total. The smallest absolute Gasteiger partial charge is 0.308 e. The van der Waals surface area contributed by atoms with E-state index in [1.54, 1.807) is 0 Å². The largest absolute Gasteiger partial charge is 0.469 e. The fraction of sp³-hybridized carbons (Fsp3) is 0.314. The first kappa shape index (κ1) is 37.1. The van der Waals surface area contributed by atoms with Gasteiger partial charge in [0.05, 0.1) is 38.6 Å². The lowest BCUT2D eigenvalue weighted by molar-refractivity contribution is -0.144. The molecule has 254 valence electrons. The molecule has 3 rings (SSSR count). The molecule has 13 heteroatoms. The summed E-state index contributed by atoms with van der Waals surface area (Å²) >= 11 is 0. The fourth-order valence-electron chi connectivity index (χ4n) is 5.05. The Morgan fingerprint density at radius 1 is 0.750 bits per heavy atom. The van der Waals surface area contributed by atoms with Crippen molar-refractivity contribution in [2.24, 2.45) is 5.73 Å². The molecule has 4 unspecified atom stereocenters. The molecule has 0 saturated carbocycles. The number of nitrogens with two attached hydrogens (primary N) is 1. The van der Waals surface area contributed by atoms with E-state index in [-0.39, 0.29) is 12.3 Å². The highest BCUT2D eigenvalue weighted by molar-refractivity contribution is 5.97. The standard InChI is InChI=1S/C35H41N5O8/c1-22(41)21-37-34(47)31(23(2)42)39-33(46)28(20-30(44)48-3)38-32(45)27(36)19-29(43)40-35(24-13-7-4-8-14-24,25-15-9-5-10-16-25)26-17-11-6-12-18-26/h4-18,23,27-28,31,42H,19-21,36H2,1-3H3,(H,37,47)(H,38,45)(H,39,46)(H,40,43). The molecule has 4 amide bonds. The number of amides is 4. The number of hydrogen-bond acceptors (Lipinski definition) is 9. The van der Waals surface area contributed by atoms with E-state index in [2.05, 4.69) is 26.0 Å². The summed E-state index contributed by atoms with van der Waals surface area (Å²) in [4.78, 5) is 76.1. The van der Waals surface area contributed by atoms with Gasteiger partial charge in [-0.15, -0.1) is 0 Å². The van der Waals surface area contributed by atoms with Gasteiger partial charge in [0, 0.05) is 0 Å². The number of methoxy groups -OCH3 is 1. The van der Waals surface area contributed by atoms with Crippen LogP contribution < -0.4 is 27.0 Å². The Balaban J connectivity index is 1.84. The van der Waals surface area contributed by atoms with E-state index >= 15 is 0 Å². The molecule has 0 aliphatic rings. The Bertz CT molecular complexity index is 1470. The Morgan fingerprint density at radius 2 is 1.23 bits per heavy atom. The Morgan fingerprint density at radius 3 is 1.65 bits per heavy atom. The van der Waals surface area contributed by atoms with Crippen LogP contribution in [0.25, 0.3) is 0 Å². The maximum Gasteiger partial charge on any atom is 0.308 e. The maximum absolute atomic E-state index is 13.7. The van der Waals surface area contributed by atoms with Gasteiger partial charge in [-0.1, -0.05) is 91.0 Å². The summed E-state index contributed by atoms with van der Waals surface area (Å²) in [7, 11) is 1.08. The van der Waals surface area contributed by atoms with Crippen molar-refractivity contribution >= 4 is 35.4 Å². The summed E-state index contributed by atoms with van der Waals surface area (Å²) < 4.78 is 4.65. The number of nitrogens with one attached hydrogen (secondary N) is 4. The number of carbonyl (C=O) groups is 6. The molecule has 0 aromatic heterocycles. The first-order valence-electron chi connectivity index (χ1n) is 15.2. The van der Waals surface area contributed by atoms with E-state index in [1.165, 1.54) is 13.8 Å². The average Bonchev–Trinajstić information content (AvgIpc) is 3.08. The highest BCUT2D eigenvalue weighted by Gasteiger charge is 2.39. The summed E-state index contributed by atoms with van der Waals surface area (Å²) in [6.45, 7) is 2.14. The summed E-state index contributed by atoms with van der Waals surface area (Å²) in [5.41, 5.74) is 7.27. The molecule has 0 spiro atoms. The van der Waals surface area contributed by atoms with Gasteiger partial charge in [0.25, 0.3) is 0 Å². The monoisotopic (exact) mass is 659 g/mol. The van der Waals surface area contributed by atoms with Gasteiger partial charge in [0.2, 0.25) is 23.6 Å². The minimum Gasteiger partial charge on any atom is -0.469 e. The molecule has 0 saturated heterocycles. The molecule has 3 aromatic carbocycles. The molecule has 0 bridgehead atoms. The SMILES string of the molecule is COC(=O)CC(NC(=O)C(N)CC(=O)NC(c1ccccc1)(c1ccccc1)c1ccccc1)C(=O)NC(C(=O)NCC(C)=O)C(C)O. The van der Waals surface area contributed by atoms with Crippen LogP contribution in [0.5, 0.6) is 0 Å². The van der Waals surface area contributed by atoms with Crippen molar-refractivity contribution in [3.05, 3.63) is 108 Å². The van der Waals surface area contributed by atoms with Gasteiger partial charge in [-0.3, -0.25) is 28.8 Å². The average molecular weight is 660 g/mol. The second kappa shape index (κ2) is 17.5. The lowest BCUT2D eigenvalue weighted by Crippen LogP contribution is -2.59. The van der Waals surface area contributed by atoms with E-state index in [9.17, 15) is 33.9 Å². The summed E-state index contributed by atoms with van der Waals surface area (Å²) in [6, 6.07) is 23.4. The van der Waals surface area contributed by atoms with Crippen molar-refractivity contribution < 1.29 is 38.6 Å². The Kier molecular flexibility index (Phi) is 13.5. The normalized spacial score (nSPS) is 13.5. The van der Waals surface area contributed by atoms with E-state index in [1.807, 2.05) is 91.0 Å². The molecule has 0 fully saturated rings. The highest BCUT2D eigenvalue weighted by Crippen LogP contribution is 2.36. The third-order valence-electron chi connectivity index (χ3n) is 7.50. The topological polar surface area (TPSA) is 206 Å². The fourth-order valence-corrected chi connectivity index (χ4v) is 5.05. The van der Waals surface area contributed by atoms with E-state index < -0.39 is 72.2 Å². The van der Waals surface area contributed by atoms with Crippen LogP contribution in [0, 0.1) is 0 Å². The number of aliphatic hydroxyl groups is 1. The van der Waals surface area contributed by atoms with E-state index in [0.717, 1.165) is 23.8 Å². The van der Waals surface area contributed by atoms with E-state index in [4.69, 9.17) is 5.73 Å². The van der Waals surface area contributed by atoms with Gasteiger partial charge in [-0.25, -0.2) is 0 Å². The van der Waals surface area contributed by atoms with Crippen LogP contribution in [-0.4, -0.2) is 78.4 Å². The van der Waals surface area contributed by atoms with E-state index in [0.29, 0.717) is 0 Å². The summed E-state index contributed by atoms with van der Waals surface area (Å²) in [5.74, 6) is -4.61. The van der Waals surface area contributed by atoms with Gasteiger partial charge in [-0.2, -0.15) is 0 Å². The zero-order valence-corrected chi connectivity index (χ0v) is 27.0. The summed E-state index contributed by atoms with van der Waals surface area (Å²) in [5, 5.41) is 20.1. The van der Waals surface area contributed by atoms with Crippen LogP contribution in [0.2, 0.25) is 0 Å². The van der Waals surface area contributed by atoms with Crippen LogP contribution >= 0.6 is 0 Å². The molecule has 7 N–H and O–H groups in total. The molecule has 0 radical (unpaired) electrons. The first-order chi connectivity index (χ1) is 22.9. The Labute approximate surface area is 278 Å². The lowest BCUT2D eigenvalue weighted by Gasteiger charge is -2.37. The number of rotatable bonds is 16. The van der Waals surface area contributed by atoms with Crippen LogP contribution in [0.4, 0.5) is 0 Å². The number of ether oxygens (including phenoxy) is 1. The zero-order valence-electron chi connectivity index (χ0n) is 27.0. The van der Waals surface area contributed by atoms with Gasteiger partial charge >= 0.3 is 5.97 Å². The van der Waals surface area contributed by atoms with Crippen LogP contribution in [-0.2, 0) is 39.0 Å². The molecule has 0 aliphatic carbocycles. The molecular formula is C35H41N5O8. The third-order valence-corrected chi connectivity index (χ3v) is 7.50. The predicted molar refractivity (Wildman–Crippen MR) is 176 cm³/mol. The minimum absolute atomic E-state index is 0.336. The number of esters is 1. The highest BCUT2D eigenvalue weighted by atomic mass is 16.5. The molecule has 4 atom stereocenters. The Hall–Kier alpha value is -5.40. The van der Waals surface area contributed by atoms with Gasteiger partial charge in [0.15, 0.2) is 0 Å². The summed E-state index contributed by atoms with van der Waals surface area (Å²) in [6.07, 6.45) is -2.55. The second-order valence-electron chi connectivity index (χ2n) is 11.2. The van der Waals surface area contributed by atoms with Gasteiger partial charge in [0.1, 0.15) is 23.4 Å². The molecule has 48 heavy (non-hydrogen) atoms. The number of hydrogen-bond donors (Lipinski definition) is 6. The predicted octanol–water partition coefficient (Wildman–Crippen LogP) is 0.431. The van der Waals surface area contributed by atoms with Crippen LogP contribution in [0.3, 0.4) is 0 Å². The number of benzene rings is 3. The molecule has 0 aliphatic heterocycles. The van der Waals surface area contributed by atoms with Crippen LogP contribution in [0.1, 0.15) is 43.4 Å². The van der Waals surface area contributed by atoms with Gasteiger partial charge < -0.3 is 36.8 Å². The second-order valence-corrected chi connectivity index (χ2v) is 11.2. The van der Waals surface area contributed by atoms with Crippen LogP contribution in [0.15, 0.2) is 91.0 Å². The number of ketones is 1. The number of Topliss-reactive ketones (excluding diaryl/α,β-unsaturated/α-hetero) is 1. The third kappa shape index (κ3) is 9.80. The van der Waals surface area contributed by atoms with Crippen molar-refractivity contribution in [3.63, 3.8) is 0 Å². The van der Waals surface area contributed by atoms with Crippen molar-refractivity contribution in [3.8, 4) is 0 Å². The van der Waals surface area contributed by atoms with Crippen molar-refractivity contribution in [1.29, 1.82) is 0 Å². The number of carbonyl (C=O) groups excluding carboxylic acids is 6. The molecular weight excluding hydrogens is 618 g/mol. The lowest BCUT2D eigenvalue weighted by atomic mass is 9.77. The first-order valence-corrected chi connectivity index (χ1v) is 15.2. The van der Waals surface area contributed by atoms with Crippen molar-refractivity contribution in [1.82, 2.24) is 21.3 Å². The molecule has 3 aromatic rings. The van der Waals surface area contributed by atoms with Crippen molar-refractivity contribution in [2.45, 2.75) is 56.5 Å². The minimum atomic E-state index is -1.59. The van der Waals surface area contributed by atoms with Gasteiger partial charge in [-0.05, 0) is 30.5 Å². The zero-order chi connectivity index (χ0) is 35.3. The van der Waals surface area contributed by atoms with Crippen molar-refractivity contribution in [2.75, 3.05) is 13.7 Å².